The summed E-state index contributed by atoms with van der Waals surface area (Å²) in [6.07, 6.45) is 2.92. The van der Waals surface area contributed by atoms with Crippen molar-refractivity contribution < 1.29 is 9.15 Å². The first kappa shape index (κ1) is 18.6. The van der Waals surface area contributed by atoms with E-state index in [1.165, 1.54) is 5.69 Å². The molecular weight excluding hydrogens is 350 g/mol. The molecular formula is C23H27N3O2. The molecule has 28 heavy (non-hydrogen) atoms. The number of nitrogens with zero attached hydrogens (tertiary/aromatic N) is 3. The lowest BCUT2D eigenvalue weighted by atomic mass is 10.2. The first-order chi connectivity index (χ1) is 13.7. The van der Waals surface area contributed by atoms with Gasteiger partial charge in [0.2, 0.25) is 5.89 Å². The van der Waals surface area contributed by atoms with E-state index in [4.69, 9.17) is 9.15 Å². The number of rotatable bonds is 5. The van der Waals surface area contributed by atoms with Gasteiger partial charge in [0.15, 0.2) is 5.76 Å². The molecule has 0 N–H and O–H groups in total. The predicted molar refractivity (Wildman–Crippen MR) is 112 cm³/mol. The molecule has 0 spiro atoms. The number of hydrogen-bond acceptors (Lipinski definition) is 5. The van der Waals surface area contributed by atoms with Crippen LogP contribution in [0.4, 0.5) is 5.69 Å². The fourth-order valence-electron chi connectivity index (χ4n) is 3.77. The van der Waals surface area contributed by atoms with E-state index in [0.717, 1.165) is 55.6 Å². The minimum atomic E-state index is 0.465. The summed E-state index contributed by atoms with van der Waals surface area (Å²) in [5.74, 6) is 2.54. The van der Waals surface area contributed by atoms with Gasteiger partial charge in [0.05, 0.1) is 25.5 Å². The minimum Gasteiger partial charge on any atom is -0.495 e. The summed E-state index contributed by atoms with van der Waals surface area (Å²) in [6, 6.07) is 18.8. The maximum absolute atomic E-state index is 6.02. The Hall–Kier alpha value is -2.79. The summed E-state index contributed by atoms with van der Waals surface area (Å²) >= 11 is 0. The zero-order valence-electron chi connectivity index (χ0n) is 16.5. The molecule has 0 amide bonds. The van der Waals surface area contributed by atoms with Crippen molar-refractivity contribution in [2.45, 2.75) is 25.9 Å². The molecule has 0 unspecified atom stereocenters. The molecule has 2 heterocycles. The summed E-state index contributed by atoms with van der Waals surface area (Å²) < 4.78 is 11.6. The maximum atomic E-state index is 6.02. The van der Waals surface area contributed by atoms with Gasteiger partial charge in [0.1, 0.15) is 5.75 Å². The second-order valence-corrected chi connectivity index (χ2v) is 7.25. The van der Waals surface area contributed by atoms with E-state index in [2.05, 4.69) is 33.8 Å². The number of ether oxygens (including phenoxy) is 1. The summed E-state index contributed by atoms with van der Waals surface area (Å²) in [5, 5.41) is 0. The smallest absolute Gasteiger partial charge is 0.209 e. The first-order valence-corrected chi connectivity index (χ1v) is 9.87. The van der Waals surface area contributed by atoms with Crippen molar-refractivity contribution in [2.24, 2.45) is 0 Å². The van der Waals surface area contributed by atoms with Gasteiger partial charge >= 0.3 is 0 Å². The van der Waals surface area contributed by atoms with Crippen molar-refractivity contribution in [3.8, 4) is 17.1 Å². The molecule has 5 heteroatoms. The Morgan fingerprint density at radius 3 is 2.64 bits per heavy atom. The average molecular weight is 377 g/mol. The molecule has 1 fully saturated rings. The number of methoxy groups -OCH3 is 1. The third kappa shape index (κ3) is 4.04. The van der Waals surface area contributed by atoms with Crippen molar-refractivity contribution in [1.29, 1.82) is 0 Å². The largest absolute Gasteiger partial charge is 0.495 e. The molecule has 1 aliphatic heterocycles. The fourth-order valence-corrected chi connectivity index (χ4v) is 3.77. The van der Waals surface area contributed by atoms with E-state index in [9.17, 15) is 0 Å². The zero-order valence-corrected chi connectivity index (χ0v) is 16.5. The molecule has 0 aliphatic carbocycles. The van der Waals surface area contributed by atoms with E-state index >= 15 is 0 Å². The molecule has 4 rings (SSSR count). The van der Waals surface area contributed by atoms with Gasteiger partial charge in [-0.3, -0.25) is 4.90 Å². The number of aromatic nitrogens is 1. The molecule has 1 saturated heterocycles. The summed E-state index contributed by atoms with van der Waals surface area (Å²) in [4.78, 5) is 9.39. The van der Waals surface area contributed by atoms with Crippen LogP contribution in [0.5, 0.6) is 5.75 Å². The molecule has 1 aromatic heterocycles. The van der Waals surface area contributed by atoms with Crippen LogP contribution < -0.4 is 9.64 Å². The minimum absolute atomic E-state index is 0.465. The summed E-state index contributed by atoms with van der Waals surface area (Å²) in [6.45, 7) is 5.94. The Balaban J connectivity index is 1.44. The van der Waals surface area contributed by atoms with Crippen molar-refractivity contribution in [2.75, 3.05) is 31.6 Å². The maximum Gasteiger partial charge on any atom is 0.209 e. The number of hydrogen-bond donors (Lipinski definition) is 0. The zero-order chi connectivity index (χ0) is 19.3. The van der Waals surface area contributed by atoms with E-state index < -0.39 is 0 Å². The number of anilines is 1. The van der Waals surface area contributed by atoms with Crippen molar-refractivity contribution in [3.05, 3.63) is 66.7 Å². The molecule has 1 aliphatic rings. The van der Waals surface area contributed by atoms with Crippen LogP contribution in [0.3, 0.4) is 0 Å². The average Bonchev–Trinajstić information content (AvgIpc) is 3.14. The quantitative estimate of drug-likeness (QED) is 0.657. The SMILES string of the molecule is COc1ccccc1N1CC[C@H](C)N(Cc2ncc(-c3ccccc3)o2)CC1. The van der Waals surface area contributed by atoms with Gasteiger partial charge in [0.25, 0.3) is 0 Å². The molecule has 1 atom stereocenters. The van der Waals surface area contributed by atoms with Gasteiger partial charge < -0.3 is 14.1 Å². The third-order valence-corrected chi connectivity index (χ3v) is 5.47. The van der Waals surface area contributed by atoms with Crippen LogP contribution in [0.2, 0.25) is 0 Å². The standard InChI is InChI=1S/C23H27N3O2/c1-18-12-13-25(20-10-6-7-11-21(20)27-2)14-15-26(18)17-23-24-16-22(28-23)19-8-4-3-5-9-19/h3-11,16,18H,12-15,17H2,1-2H3/t18-/m0/s1. The van der Waals surface area contributed by atoms with Gasteiger partial charge in [-0.1, -0.05) is 42.5 Å². The van der Waals surface area contributed by atoms with Gasteiger partial charge in [-0.25, -0.2) is 4.98 Å². The molecule has 146 valence electrons. The normalized spacial score (nSPS) is 18.1. The van der Waals surface area contributed by atoms with Crippen LogP contribution in [0.25, 0.3) is 11.3 Å². The Bertz CT molecular complexity index is 894. The van der Waals surface area contributed by atoms with E-state index in [0.29, 0.717) is 6.04 Å². The second-order valence-electron chi connectivity index (χ2n) is 7.25. The highest BCUT2D eigenvalue weighted by Crippen LogP contribution is 2.29. The van der Waals surface area contributed by atoms with Gasteiger partial charge in [-0.2, -0.15) is 0 Å². The van der Waals surface area contributed by atoms with E-state index in [1.54, 1.807) is 7.11 Å². The fraction of sp³-hybridized carbons (Fsp3) is 0.348. The van der Waals surface area contributed by atoms with Crippen LogP contribution in [-0.2, 0) is 6.54 Å². The summed E-state index contributed by atoms with van der Waals surface area (Å²) in [5.41, 5.74) is 2.23. The van der Waals surface area contributed by atoms with Crippen molar-refractivity contribution >= 4 is 5.69 Å². The highest BCUT2D eigenvalue weighted by Gasteiger charge is 2.24. The monoisotopic (exact) mass is 377 g/mol. The van der Waals surface area contributed by atoms with Gasteiger partial charge in [-0.15, -0.1) is 0 Å². The molecule has 0 bridgehead atoms. The van der Waals surface area contributed by atoms with Crippen LogP contribution in [0, 0.1) is 0 Å². The Morgan fingerprint density at radius 2 is 1.82 bits per heavy atom. The topological polar surface area (TPSA) is 41.7 Å². The Kier molecular flexibility index (Phi) is 5.63. The number of para-hydroxylation sites is 2. The molecule has 0 radical (unpaired) electrons. The molecule has 3 aromatic rings. The van der Waals surface area contributed by atoms with E-state index in [-0.39, 0.29) is 0 Å². The molecule has 2 aromatic carbocycles. The lowest BCUT2D eigenvalue weighted by Gasteiger charge is -2.25. The molecule has 0 saturated carbocycles. The van der Waals surface area contributed by atoms with Crippen molar-refractivity contribution in [1.82, 2.24) is 9.88 Å². The van der Waals surface area contributed by atoms with Crippen LogP contribution >= 0.6 is 0 Å². The Labute approximate surface area is 166 Å². The number of benzene rings is 2. The van der Waals surface area contributed by atoms with Crippen LogP contribution in [0.15, 0.2) is 65.2 Å². The van der Waals surface area contributed by atoms with Crippen LogP contribution in [0.1, 0.15) is 19.2 Å². The second kappa shape index (κ2) is 8.48. The summed E-state index contributed by atoms with van der Waals surface area (Å²) in [7, 11) is 1.73. The van der Waals surface area contributed by atoms with Crippen molar-refractivity contribution in [3.63, 3.8) is 0 Å². The van der Waals surface area contributed by atoms with E-state index in [1.807, 2.05) is 48.7 Å². The lowest BCUT2D eigenvalue weighted by Crippen LogP contribution is -2.34. The first-order valence-electron chi connectivity index (χ1n) is 9.87. The highest BCUT2D eigenvalue weighted by molar-refractivity contribution is 5.58. The Morgan fingerprint density at radius 1 is 1.04 bits per heavy atom. The predicted octanol–water partition coefficient (Wildman–Crippen LogP) is 4.45. The lowest BCUT2D eigenvalue weighted by molar-refractivity contribution is 0.192. The molecule has 5 nitrogen and oxygen atoms in total. The third-order valence-electron chi connectivity index (χ3n) is 5.47. The van der Waals surface area contributed by atoms with Crippen LogP contribution in [-0.4, -0.2) is 42.7 Å². The van der Waals surface area contributed by atoms with Gasteiger partial charge in [-0.05, 0) is 25.5 Å². The van der Waals surface area contributed by atoms with Gasteiger partial charge in [0, 0.05) is 31.2 Å². The highest BCUT2D eigenvalue weighted by atomic mass is 16.5. The number of oxazole rings is 1.